The largest absolute Gasteiger partial charge is 0.456 e. The fraction of sp³-hybridized carbons (Fsp3) is 0.273. The zero-order valence-corrected chi connectivity index (χ0v) is 16.1. The number of pyridine rings is 1. The van der Waals surface area contributed by atoms with E-state index in [2.05, 4.69) is 25.2 Å². The van der Waals surface area contributed by atoms with Gasteiger partial charge in [-0.25, -0.2) is 9.97 Å². The fourth-order valence-electron chi connectivity index (χ4n) is 3.47. The summed E-state index contributed by atoms with van der Waals surface area (Å²) in [5.41, 5.74) is 1.68. The standard InChI is InChI=1S/C22H23N5O2/c28-22(21-5-1-2-13-27(21)15-18-10-12-24-16-25-18)26-17-6-8-19(9-7-17)29-20-4-3-11-23-14-20/h3-4,6-12,14,16,21H,1-2,5,13,15H2,(H,26,28)/t21-/m1/s1. The molecule has 0 aliphatic carbocycles. The number of nitrogens with zero attached hydrogens (tertiary/aromatic N) is 4. The number of carbonyl (C=O) groups excluding carboxylic acids is 1. The van der Waals surface area contributed by atoms with Gasteiger partial charge in [-0.05, 0) is 61.9 Å². The Balaban J connectivity index is 1.38. The number of aromatic nitrogens is 3. The van der Waals surface area contributed by atoms with Crippen LogP contribution in [0.15, 0.2) is 67.4 Å². The molecule has 1 aliphatic rings. The van der Waals surface area contributed by atoms with Crippen LogP contribution in [0.1, 0.15) is 25.0 Å². The number of piperidine rings is 1. The van der Waals surface area contributed by atoms with Crippen LogP contribution in [-0.4, -0.2) is 38.3 Å². The van der Waals surface area contributed by atoms with Crippen molar-refractivity contribution in [3.63, 3.8) is 0 Å². The van der Waals surface area contributed by atoms with Crippen molar-refractivity contribution in [2.75, 3.05) is 11.9 Å². The topological polar surface area (TPSA) is 80.2 Å². The Bertz CT molecular complexity index is 919. The molecule has 1 saturated heterocycles. The van der Waals surface area contributed by atoms with Gasteiger partial charge in [-0.1, -0.05) is 6.42 Å². The summed E-state index contributed by atoms with van der Waals surface area (Å²) < 4.78 is 5.74. The zero-order valence-electron chi connectivity index (χ0n) is 16.1. The normalized spacial score (nSPS) is 16.9. The van der Waals surface area contributed by atoms with Gasteiger partial charge in [0, 0.05) is 24.6 Å². The molecule has 3 aromatic rings. The number of likely N-dealkylation sites (tertiary alicyclic amines) is 1. The molecular weight excluding hydrogens is 366 g/mol. The molecule has 1 fully saturated rings. The second kappa shape index (κ2) is 9.25. The number of nitrogens with one attached hydrogen (secondary N) is 1. The van der Waals surface area contributed by atoms with Crippen LogP contribution in [0.2, 0.25) is 0 Å². The quantitative estimate of drug-likeness (QED) is 0.693. The first-order valence-corrected chi connectivity index (χ1v) is 9.76. The van der Waals surface area contributed by atoms with Crippen LogP contribution in [0, 0.1) is 0 Å². The minimum Gasteiger partial charge on any atom is -0.456 e. The van der Waals surface area contributed by atoms with E-state index in [0.717, 1.165) is 37.2 Å². The molecule has 1 amide bonds. The maximum atomic E-state index is 12.9. The zero-order chi connectivity index (χ0) is 19.9. The highest BCUT2D eigenvalue weighted by atomic mass is 16.5. The molecule has 0 bridgehead atoms. The smallest absolute Gasteiger partial charge is 0.241 e. The highest BCUT2D eigenvalue weighted by Gasteiger charge is 2.29. The Kier molecular flexibility index (Phi) is 6.07. The fourth-order valence-corrected chi connectivity index (χ4v) is 3.47. The van der Waals surface area contributed by atoms with E-state index in [1.54, 1.807) is 24.9 Å². The van der Waals surface area contributed by atoms with Crippen molar-refractivity contribution in [3.8, 4) is 11.5 Å². The van der Waals surface area contributed by atoms with Gasteiger partial charge in [0.25, 0.3) is 0 Å². The van der Waals surface area contributed by atoms with Gasteiger partial charge in [0.2, 0.25) is 5.91 Å². The van der Waals surface area contributed by atoms with Crippen LogP contribution in [0.5, 0.6) is 11.5 Å². The van der Waals surface area contributed by atoms with Gasteiger partial charge in [0.1, 0.15) is 17.8 Å². The maximum Gasteiger partial charge on any atom is 0.241 e. The number of hydrogen-bond donors (Lipinski definition) is 1. The minimum atomic E-state index is -0.162. The summed E-state index contributed by atoms with van der Waals surface area (Å²) in [7, 11) is 0. The van der Waals surface area contributed by atoms with Crippen LogP contribution >= 0.6 is 0 Å². The Morgan fingerprint density at radius 1 is 1.07 bits per heavy atom. The first-order chi connectivity index (χ1) is 14.3. The molecule has 0 unspecified atom stereocenters. The Hall–Kier alpha value is -3.32. The first kappa shape index (κ1) is 19.0. The van der Waals surface area contributed by atoms with E-state index in [1.807, 2.05) is 42.5 Å². The average Bonchev–Trinajstić information content (AvgIpc) is 2.77. The van der Waals surface area contributed by atoms with E-state index in [9.17, 15) is 4.79 Å². The van der Waals surface area contributed by atoms with Crippen molar-refractivity contribution in [2.45, 2.75) is 31.8 Å². The van der Waals surface area contributed by atoms with Crippen LogP contribution in [0.3, 0.4) is 0 Å². The number of carbonyl (C=O) groups is 1. The number of hydrogen-bond acceptors (Lipinski definition) is 6. The summed E-state index contributed by atoms with van der Waals surface area (Å²) in [6.45, 7) is 1.54. The predicted octanol–water partition coefficient (Wildman–Crippen LogP) is 3.66. The molecule has 7 heteroatoms. The Morgan fingerprint density at radius 2 is 1.97 bits per heavy atom. The minimum absolute atomic E-state index is 0.0136. The van der Waals surface area contributed by atoms with Gasteiger partial charge in [-0.3, -0.25) is 14.7 Å². The Morgan fingerprint density at radius 3 is 2.72 bits per heavy atom. The maximum absolute atomic E-state index is 12.9. The number of ether oxygens (including phenoxy) is 1. The third kappa shape index (κ3) is 5.14. The van der Waals surface area contributed by atoms with Crippen LogP contribution < -0.4 is 10.1 Å². The van der Waals surface area contributed by atoms with Crippen molar-refractivity contribution < 1.29 is 9.53 Å². The number of rotatable bonds is 6. The molecule has 4 rings (SSSR count). The highest BCUT2D eigenvalue weighted by Crippen LogP contribution is 2.24. The van der Waals surface area contributed by atoms with Gasteiger partial charge in [-0.2, -0.15) is 0 Å². The van der Waals surface area contributed by atoms with Crippen molar-refractivity contribution in [3.05, 3.63) is 73.1 Å². The van der Waals surface area contributed by atoms with Gasteiger partial charge >= 0.3 is 0 Å². The summed E-state index contributed by atoms with van der Waals surface area (Å²) in [6.07, 6.45) is 9.63. The predicted molar refractivity (Wildman–Crippen MR) is 109 cm³/mol. The second-order valence-corrected chi connectivity index (χ2v) is 6.99. The van der Waals surface area contributed by atoms with Gasteiger partial charge in [-0.15, -0.1) is 0 Å². The number of amides is 1. The third-order valence-electron chi connectivity index (χ3n) is 4.92. The summed E-state index contributed by atoms with van der Waals surface area (Å²) in [6, 6.07) is 12.8. The third-order valence-corrected chi connectivity index (χ3v) is 4.92. The van der Waals surface area contributed by atoms with Gasteiger partial charge < -0.3 is 10.1 Å². The lowest BCUT2D eigenvalue weighted by Crippen LogP contribution is -2.46. The molecule has 1 N–H and O–H groups in total. The monoisotopic (exact) mass is 389 g/mol. The highest BCUT2D eigenvalue weighted by molar-refractivity contribution is 5.94. The molecule has 2 aromatic heterocycles. The summed E-state index contributed by atoms with van der Waals surface area (Å²) >= 11 is 0. The van der Waals surface area contributed by atoms with Crippen LogP contribution in [-0.2, 0) is 11.3 Å². The Labute approximate surface area is 169 Å². The lowest BCUT2D eigenvalue weighted by Gasteiger charge is -2.34. The molecule has 7 nitrogen and oxygen atoms in total. The molecular formula is C22H23N5O2. The lowest BCUT2D eigenvalue weighted by molar-refractivity contribution is -0.122. The number of anilines is 1. The first-order valence-electron chi connectivity index (χ1n) is 9.76. The van der Waals surface area contributed by atoms with Crippen molar-refractivity contribution in [1.29, 1.82) is 0 Å². The summed E-state index contributed by atoms with van der Waals surface area (Å²) in [4.78, 5) is 27.4. The van der Waals surface area contributed by atoms with Crippen LogP contribution in [0.25, 0.3) is 0 Å². The van der Waals surface area contributed by atoms with E-state index < -0.39 is 0 Å². The number of benzene rings is 1. The van der Waals surface area contributed by atoms with Crippen molar-refractivity contribution in [1.82, 2.24) is 19.9 Å². The van der Waals surface area contributed by atoms with Crippen molar-refractivity contribution in [2.24, 2.45) is 0 Å². The molecule has 0 saturated carbocycles. The van der Waals surface area contributed by atoms with E-state index in [4.69, 9.17) is 4.74 Å². The second-order valence-electron chi connectivity index (χ2n) is 6.99. The molecule has 3 heterocycles. The van der Waals surface area contributed by atoms with E-state index in [0.29, 0.717) is 18.0 Å². The molecule has 148 valence electrons. The average molecular weight is 389 g/mol. The molecule has 29 heavy (non-hydrogen) atoms. The SMILES string of the molecule is O=C(Nc1ccc(Oc2cccnc2)cc1)[C@H]1CCCCN1Cc1ccncn1. The van der Waals surface area contributed by atoms with E-state index >= 15 is 0 Å². The van der Waals surface area contributed by atoms with E-state index in [1.165, 1.54) is 0 Å². The van der Waals surface area contributed by atoms with Crippen molar-refractivity contribution >= 4 is 11.6 Å². The van der Waals surface area contributed by atoms with E-state index in [-0.39, 0.29) is 11.9 Å². The van der Waals surface area contributed by atoms with Gasteiger partial charge in [0.15, 0.2) is 0 Å². The summed E-state index contributed by atoms with van der Waals surface area (Å²) in [5.74, 6) is 1.38. The van der Waals surface area contributed by atoms with Crippen LogP contribution in [0.4, 0.5) is 5.69 Å². The molecule has 1 aliphatic heterocycles. The summed E-state index contributed by atoms with van der Waals surface area (Å²) in [5, 5.41) is 3.04. The molecule has 0 radical (unpaired) electrons. The molecule has 0 spiro atoms. The molecule has 1 atom stereocenters. The molecule has 1 aromatic carbocycles. The lowest BCUT2D eigenvalue weighted by atomic mass is 10.0. The van der Waals surface area contributed by atoms with Gasteiger partial charge in [0.05, 0.1) is 17.9 Å².